The van der Waals surface area contributed by atoms with Gasteiger partial charge in [0.2, 0.25) is 0 Å². The van der Waals surface area contributed by atoms with Gasteiger partial charge in [0.05, 0.1) is 10.5 Å². The number of aliphatic hydroxyl groups is 1. The first-order valence-electron chi connectivity index (χ1n) is 5.13. The van der Waals surface area contributed by atoms with Crippen LogP contribution < -0.4 is 0 Å². The third-order valence-electron chi connectivity index (χ3n) is 2.23. The molecule has 0 fully saturated rings. The molecule has 0 atom stereocenters. The van der Waals surface area contributed by atoms with Gasteiger partial charge in [0, 0.05) is 18.2 Å². The lowest BCUT2D eigenvalue weighted by molar-refractivity contribution is -0.385. The fourth-order valence-electron chi connectivity index (χ4n) is 1.35. The monoisotopic (exact) mass is 235 g/mol. The van der Waals surface area contributed by atoms with Crippen LogP contribution in [0.1, 0.15) is 29.3 Å². The molecule has 0 radical (unpaired) electrons. The summed E-state index contributed by atoms with van der Waals surface area (Å²) < 4.78 is 0. The van der Waals surface area contributed by atoms with Crippen LogP contribution in [0.5, 0.6) is 0 Å². The van der Waals surface area contributed by atoms with Crippen molar-refractivity contribution in [2.45, 2.75) is 13.3 Å². The molecule has 0 saturated heterocycles. The van der Waals surface area contributed by atoms with E-state index in [0.717, 1.165) is 0 Å². The summed E-state index contributed by atoms with van der Waals surface area (Å²) in [4.78, 5) is 21.4. The highest BCUT2D eigenvalue weighted by Gasteiger charge is 2.13. The van der Waals surface area contributed by atoms with E-state index in [1.165, 1.54) is 19.1 Å². The van der Waals surface area contributed by atoms with E-state index >= 15 is 0 Å². The van der Waals surface area contributed by atoms with Crippen LogP contribution in [0.2, 0.25) is 0 Å². The summed E-state index contributed by atoms with van der Waals surface area (Å²) in [7, 11) is 0. The Bertz CT molecular complexity index is 466. The molecule has 0 bridgehead atoms. The topological polar surface area (TPSA) is 80.4 Å². The number of benzene rings is 1. The number of carbonyl (C=O) groups excluding carboxylic acids is 1. The van der Waals surface area contributed by atoms with Crippen molar-refractivity contribution in [1.29, 1.82) is 0 Å². The predicted octanol–water partition coefficient (Wildman–Crippen LogP) is 2.19. The molecule has 0 heterocycles. The number of nitro groups is 1. The van der Waals surface area contributed by atoms with E-state index in [1.807, 2.05) is 0 Å². The molecule has 0 aromatic heterocycles. The first kappa shape index (κ1) is 13.1. The van der Waals surface area contributed by atoms with Gasteiger partial charge in [-0.1, -0.05) is 18.2 Å². The van der Waals surface area contributed by atoms with Gasteiger partial charge in [-0.25, -0.2) is 0 Å². The summed E-state index contributed by atoms with van der Waals surface area (Å²) in [5, 5.41) is 19.5. The van der Waals surface area contributed by atoms with Crippen molar-refractivity contribution in [2.75, 3.05) is 6.61 Å². The lowest BCUT2D eigenvalue weighted by Crippen LogP contribution is -1.97. The van der Waals surface area contributed by atoms with Crippen molar-refractivity contribution >= 4 is 17.5 Å². The molecule has 5 nitrogen and oxygen atoms in total. The highest BCUT2D eigenvalue weighted by Crippen LogP contribution is 2.22. The van der Waals surface area contributed by atoms with Crippen LogP contribution in [0.15, 0.2) is 24.3 Å². The van der Waals surface area contributed by atoms with Crippen LogP contribution in [-0.4, -0.2) is 22.4 Å². The molecule has 17 heavy (non-hydrogen) atoms. The highest BCUT2D eigenvalue weighted by atomic mass is 16.6. The molecule has 0 aliphatic carbocycles. The Morgan fingerprint density at radius 2 is 2.24 bits per heavy atom. The maximum absolute atomic E-state index is 11.1. The van der Waals surface area contributed by atoms with Gasteiger partial charge in [0.25, 0.3) is 5.69 Å². The summed E-state index contributed by atoms with van der Waals surface area (Å²) >= 11 is 0. The van der Waals surface area contributed by atoms with E-state index in [-0.39, 0.29) is 18.1 Å². The number of hydrogen-bond acceptors (Lipinski definition) is 4. The molecule has 0 aliphatic heterocycles. The first-order valence-corrected chi connectivity index (χ1v) is 5.13. The molecule has 0 saturated carbocycles. The Kier molecular flexibility index (Phi) is 4.54. The minimum atomic E-state index is -0.523. The van der Waals surface area contributed by atoms with Gasteiger partial charge in [-0.15, -0.1) is 0 Å². The molecule has 5 heteroatoms. The standard InChI is InChI=1S/C12H13NO4/c1-9(15)11-6-5-10(4-2-3-7-14)12(8-11)13(16)17/h2,4-6,8,14H,3,7H2,1H3. The van der Waals surface area contributed by atoms with E-state index in [0.29, 0.717) is 17.5 Å². The molecule has 90 valence electrons. The lowest BCUT2D eigenvalue weighted by Gasteiger charge is -2.00. The number of hydrogen-bond donors (Lipinski definition) is 1. The minimum absolute atomic E-state index is 0.00414. The Labute approximate surface area is 98.5 Å². The number of aliphatic hydroxyl groups excluding tert-OH is 1. The van der Waals surface area contributed by atoms with Crippen LogP contribution >= 0.6 is 0 Å². The van der Waals surface area contributed by atoms with Crippen LogP contribution in [0.25, 0.3) is 6.08 Å². The van der Waals surface area contributed by atoms with Gasteiger partial charge in [0.15, 0.2) is 5.78 Å². The smallest absolute Gasteiger partial charge is 0.277 e. The largest absolute Gasteiger partial charge is 0.396 e. The summed E-state index contributed by atoms with van der Waals surface area (Å²) in [6.45, 7) is 1.36. The summed E-state index contributed by atoms with van der Waals surface area (Å²) in [6.07, 6.45) is 3.65. The number of ketones is 1. The van der Waals surface area contributed by atoms with Gasteiger partial charge in [-0.2, -0.15) is 0 Å². The average Bonchev–Trinajstić information content (AvgIpc) is 2.29. The van der Waals surface area contributed by atoms with Crippen molar-refractivity contribution in [1.82, 2.24) is 0 Å². The van der Waals surface area contributed by atoms with Crippen molar-refractivity contribution in [2.24, 2.45) is 0 Å². The second-order valence-corrected chi connectivity index (χ2v) is 3.50. The zero-order chi connectivity index (χ0) is 12.8. The first-order chi connectivity index (χ1) is 8.06. The van der Waals surface area contributed by atoms with Gasteiger partial charge in [-0.3, -0.25) is 14.9 Å². The van der Waals surface area contributed by atoms with E-state index < -0.39 is 4.92 Å². The van der Waals surface area contributed by atoms with Crippen molar-refractivity contribution in [3.63, 3.8) is 0 Å². The number of carbonyl (C=O) groups is 1. The van der Waals surface area contributed by atoms with Crippen molar-refractivity contribution in [3.05, 3.63) is 45.5 Å². The second kappa shape index (κ2) is 5.91. The van der Waals surface area contributed by atoms with E-state index in [2.05, 4.69) is 0 Å². The van der Waals surface area contributed by atoms with Crippen LogP contribution in [0.4, 0.5) is 5.69 Å². The normalized spacial score (nSPS) is 10.7. The molecule has 1 aromatic rings. The number of rotatable bonds is 5. The van der Waals surface area contributed by atoms with E-state index in [4.69, 9.17) is 5.11 Å². The van der Waals surface area contributed by atoms with Gasteiger partial charge in [-0.05, 0) is 19.4 Å². The summed E-state index contributed by atoms with van der Waals surface area (Å²) in [5.41, 5.74) is 0.636. The Morgan fingerprint density at radius 3 is 2.76 bits per heavy atom. The van der Waals surface area contributed by atoms with Crippen LogP contribution in [0.3, 0.4) is 0 Å². The predicted molar refractivity (Wildman–Crippen MR) is 63.8 cm³/mol. The fourth-order valence-corrected chi connectivity index (χ4v) is 1.35. The molecule has 0 spiro atoms. The molecule has 1 aromatic carbocycles. The SMILES string of the molecule is CC(=O)c1ccc(C=CCCO)c([N+](=O)[O-])c1. The Morgan fingerprint density at radius 1 is 1.53 bits per heavy atom. The fraction of sp³-hybridized carbons (Fsp3) is 0.250. The lowest BCUT2D eigenvalue weighted by atomic mass is 10.1. The average molecular weight is 235 g/mol. The number of nitro benzene ring substituents is 1. The number of nitrogens with zero attached hydrogens (tertiary/aromatic N) is 1. The second-order valence-electron chi connectivity index (χ2n) is 3.50. The molecular formula is C12H13NO4. The zero-order valence-corrected chi connectivity index (χ0v) is 9.42. The van der Waals surface area contributed by atoms with E-state index in [1.54, 1.807) is 18.2 Å². The van der Waals surface area contributed by atoms with Crippen LogP contribution in [-0.2, 0) is 0 Å². The third-order valence-corrected chi connectivity index (χ3v) is 2.23. The Balaban J connectivity index is 3.13. The van der Waals surface area contributed by atoms with E-state index in [9.17, 15) is 14.9 Å². The molecule has 0 amide bonds. The van der Waals surface area contributed by atoms with Gasteiger partial charge in [0.1, 0.15) is 0 Å². The van der Waals surface area contributed by atoms with Gasteiger partial charge < -0.3 is 5.11 Å². The summed E-state index contributed by atoms with van der Waals surface area (Å²) in [6, 6.07) is 4.34. The number of Topliss-reactive ketones (excluding diaryl/α,β-unsaturated/α-hetero) is 1. The van der Waals surface area contributed by atoms with Crippen LogP contribution in [0, 0.1) is 10.1 Å². The Hall–Kier alpha value is -2.01. The maximum atomic E-state index is 11.1. The summed E-state index contributed by atoms with van der Waals surface area (Å²) in [5.74, 6) is -0.209. The third kappa shape index (κ3) is 3.49. The molecule has 1 rings (SSSR count). The molecule has 0 unspecified atom stereocenters. The zero-order valence-electron chi connectivity index (χ0n) is 9.42. The van der Waals surface area contributed by atoms with Crippen molar-refractivity contribution < 1.29 is 14.8 Å². The van der Waals surface area contributed by atoms with Gasteiger partial charge >= 0.3 is 0 Å². The quantitative estimate of drug-likeness (QED) is 0.482. The molecule has 1 N–H and O–H groups in total. The molecule has 0 aliphatic rings. The van der Waals surface area contributed by atoms with Crippen molar-refractivity contribution in [3.8, 4) is 0 Å². The maximum Gasteiger partial charge on any atom is 0.277 e. The highest BCUT2D eigenvalue weighted by molar-refractivity contribution is 5.95. The molecular weight excluding hydrogens is 222 g/mol. The minimum Gasteiger partial charge on any atom is -0.396 e.